The van der Waals surface area contributed by atoms with E-state index in [-0.39, 0.29) is 18.7 Å². The van der Waals surface area contributed by atoms with Crippen molar-refractivity contribution in [1.29, 1.82) is 0 Å². The SMILES string of the molecule is O=C(NCCc1ccc2c(c1)OCO2)[C@@H]1C[C@H](NC2CCCCCCC2)CN1Cc1cccc(Cl)c1. The first kappa shape index (κ1) is 25.4. The fraction of sp³-hybridized carbons (Fsp3) is 0.552. The Morgan fingerprint density at radius 1 is 0.944 bits per heavy atom. The maximum absolute atomic E-state index is 13.4. The second-order valence-corrected chi connectivity index (χ2v) is 10.9. The number of rotatable bonds is 8. The predicted molar refractivity (Wildman–Crippen MR) is 143 cm³/mol. The van der Waals surface area contributed by atoms with Crippen LogP contribution in [0.4, 0.5) is 0 Å². The molecule has 1 aliphatic carbocycles. The van der Waals surface area contributed by atoms with Gasteiger partial charge in [0.1, 0.15) is 0 Å². The van der Waals surface area contributed by atoms with Gasteiger partial charge < -0.3 is 20.1 Å². The molecular weight excluding hydrogens is 474 g/mol. The minimum atomic E-state index is -0.146. The van der Waals surface area contributed by atoms with Crippen LogP contribution in [0.15, 0.2) is 42.5 Å². The van der Waals surface area contributed by atoms with Gasteiger partial charge in [-0.3, -0.25) is 9.69 Å². The zero-order valence-electron chi connectivity index (χ0n) is 21.0. The summed E-state index contributed by atoms with van der Waals surface area (Å²) in [4.78, 5) is 15.7. The number of hydrogen-bond acceptors (Lipinski definition) is 5. The maximum atomic E-state index is 13.4. The molecule has 6 nitrogen and oxygen atoms in total. The second-order valence-electron chi connectivity index (χ2n) is 10.4. The van der Waals surface area contributed by atoms with E-state index in [4.69, 9.17) is 21.1 Å². The highest BCUT2D eigenvalue weighted by atomic mass is 35.5. The number of halogens is 1. The number of fused-ring (bicyclic) bond motifs is 1. The van der Waals surface area contributed by atoms with Gasteiger partial charge in [0.15, 0.2) is 11.5 Å². The molecule has 1 saturated heterocycles. The van der Waals surface area contributed by atoms with Gasteiger partial charge in [0.25, 0.3) is 0 Å². The van der Waals surface area contributed by atoms with Crippen LogP contribution in [-0.4, -0.2) is 48.8 Å². The van der Waals surface area contributed by atoms with Crippen molar-refractivity contribution >= 4 is 17.5 Å². The van der Waals surface area contributed by atoms with Crippen LogP contribution in [-0.2, 0) is 17.8 Å². The summed E-state index contributed by atoms with van der Waals surface area (Å²) >= 11 is 6.25. The van der Waals surface area contributed by atoms with Crippen molar-refractivity contribution in [3.8, 4) is 11.5 Å². The van der Waals surface area contributed by atoms with Crippen LogP contribution in [0.5, 0.6) is 11.5 Å². The molecule has 0 aromatic heterocycles. The average molecular weight is 512 g/mol. The lowest BCUT2D eigenvalue weighted by Crippen LogP contribution is -2.43. The number of carbonyl (C=O) groups excluding carboxylic acids is 1. The number of nitrogens with one attached hydrogen (secondary N) is 2. The van der Waals surface area contributed by atoms with E-state index in [9.17, 15) is 4.79 Å². The molecule has 1 amide bonds. The minimum absolute atomic E-state index is 0.111. The molecule has 0 spiro atoms. The predicted octanol–water partition coefficient (Wildman–Crippen LogP) is 5.07. The monoisotopic (exact) mass is 511 g/mol. The van der Waals surface area contributed by atoms with Gasteiger partial charge in [-0.15, -0.1) is 0 Å². The van der Waals surface area contributed by atoms with Crippen LogP contribution < -0.4 is 20.1 Å². The van der Waals surface area contributed by atoms with Crippen LogP contribution in [0, 0.1) is 0 Å². The Morgan fingerprint density at radius 3 is 2.58 bits per heavy atom. The fourth-order valence-corrected chi connectivity index (χ4v) is 6.05. The Bertz CT molecular complexity index is 1020. The summed E-state index contributed by atoms with van der Waals surface area (Å²) in [5.74, 6) is 1.68. The van der Waals surface area contributed by atoms with Crippen molar-refractivity contribution in [2.75, 3.05) is 19.9 Å². The second kappa shape index (κ2) is 12.3. The number of benzene rings is 2. The van der Waals surface area contributed by atoms with Crippen molar-refractivity contribution < 1.29 is 14.3 Å². The van der Waals surface area contributed by atoms with E-state index < -0.39 is 0 Å². The van der Waals surface area contributed by atoms with Gasteiger partial charge in [-0.05, 0) is 61.1 Å². The molecule has 194 valence electrons. The number of nitrogens with zero attached hydrogens (tertiary/aromatic N) is 1. The lowest BCUT2D eigenvalue weighted by Gasteiger charge is -2.25. The molecule has 2 aromatic carbocycles. The molecule has 2 fully saturated rings. The van der Waals surface area contributed by atoms with Crippen molar-refractivity contribution in [3.63, 3.8) is 0 Å². The first-order chi connectivity index (χ1) is 17.6. The molecule has 0 unspecified atom stereocenters. The average Bonchev–Trinajstić information content (AvgIpc) is 3.47. The summed E-state index contributed by atoms with van der Waals surface area (Å²) in [5.41, 5.74) is 2.28. The summed E-state index contributed by atoms with van der Waals surface area (Å²) in [6.45, 7) is 2.48. The topological polar surface area (TPSA) is 62.8 Å². The van der Waals surface area contributed by atoms with Gasteiger partial charge in [-0.2, -0.15) is 0 Å². The van der Waals surface area contributed by atoms with Crippen LogP contribution in [0.25, 0.3) is 0 Å². The molecule has 2 aliphatic heterocycles. The van der Waals surface area contributed by atoms with Crippen molar-refractivity contribution in [2.45, 2.75) is 82.5 Å². The van der Waals surface area contributed by atoms with Crippen molar-refractivity contribution in [2.24, 2.45) is 0 Å². The molecule has 2 atom stereocenters. The van der Waals surface area contributed by atoms with E-state index in [1.165, 1.54) is 44.9 Å². The third kappa shape index (κ3) is 6.72. The van der Waals surface area contributed by atoms with Gasteiger partial charge in [0.2, 0.25) is 12.7 Å². The molecule has 1 saturated carbocycles. The number of hydrogen-bond donors (Lipinski definition) is 2. The minimum Gasteiger partial charge on any atom is -0.454 e. The fourth-order valence-electron chi connectivity index (χ4n) is 5.84. The van der Waals surface area contributed by atoms with Crippen molar-refractivity contribution in [1.82, 2.24) is 15.5 Å². The molecule has 2 aromatic rings. The van der Waals surface area contributed by atoms with Crippen LogP contribution in [0.2, 0.25) is 5.02 Å². The third-order valence-electron chi connectivity index (χ3n) is 7.71. The summed E-state index contributed by atoms with van der Waals surface area (Å²) in [5, 5.41) is 7.87. The molecule has 0 bridgehead atoms. The van der Waals surface area contributed by atoms with Crippen LogP contribution in [0.3, 0.4) is 0 Å². The van der Waals surface area contributed by atoms with E-state index >= 15 is 0 Å². The highest BCUT2D eigenvalue weighted by Crippen LogP contribution is 2.32. The summed E-state index contributed by atoms with van der Waals surface area (Å²) in [7, 11) is 0. The van der Waals surface area contributed by atoms with Gasteiger partial charge in [0.05, 0.1) is 6.04 Å². The van der Waals surface area contributed by atoms with E-state index in [1.807, 2.05) is 36.4 Å². The lowest BCUT2D eigenvalue weighted by molar-refractivity contribution is -0.125. The van der Waals surface area contributed by atoms with E-state index in [0.717, 1.165) is 53.6 Å². The van der Waals surface area contributed by atoms with E-state index in [0.29, 0.717) is 18.6 Å². The van der Waals surface area contributed by atoms with Crippen LogP contribution in [0.1, 0.15) is 62.5 Å². The molecule has 5 rings (SSSR count). The number of amides is 1. The van der Waals surface area contributed by atoms with Crippen LogP contribution >= 0.6 is 11.6 Å². The van der Waals surface area contributed by atoms with Gasteiger partial charge in [-0.25, -0.2) is 0 Å². The zero-order valence-corrected chi connectivity index (χ0v) is 21.8. The molecule has 0 radical (unpaired) electrons. The first-order valence-electron chi connectivity index (χ1n) is 13.5. The Balaban J connectivity index is 1.20. The summed E-state index contributed by atoms with van der Waals surface area (Å²) < 4.78 is 10.9. The molecule has 36 heavy (non-hydrogen) atoms. The molecule has 7 heteroatoms. The van der Waals surface area contributed by atoms with Crippen molar-refractivity contribution in [3.05, 3.63) is 58.6 Å². The lowest BCUT2D eigenvalue weighted by atomic mass is 9.96. The third-order valence-corrected chi connectivity index (χ3v) is 7.94. The summed E-state index contributed by atoms with van der Waals surface area (Å²) in [6, 6.07) is 14.7. The Hall–Kier alpha value is -2.28. The quantitative estimate of drug-likeness (QED) is 0.518. The molecular formula is C29H38ClN3O3. The highest BCUT2D eigenvalue weighted by Gasteiger charge is 2.37. The highest BCUT2D eigenvalue weighted by molar-refractivity contribution is 6.30. The first-order valence-corrected chi connectivity index (χ1v) is 13.9. The van der Waals surface area contributed by atoms with E-state index in [1.54, 1.807) is 0 Å². The normalized spacial score (nSPS) is 22.8. The Morgan fingerprint density at radius 2 is 1.75 bits per heavy atom. The smallest absolute Gasteiger partial charge is 0.237 e. The maximum Gasteiger partial charge on any atom is 0.237 e. The summed E-state index contributed by atoms with van der Waals surface area (Å²) in [6.07, 6.45) is 10.8. The van der Waals surface area contributed by atoms with Gasteiger partial charge in [-0.1, -0.05) is 61.9 Å². The van der Waals surface area contributed by atoms with Gasteiger partial charge >= 0.3 is 0 Å². The Labute approximate surface area is 219 Å². The molecule has 3 aliphatic rings. The van der Waals surface area contributed by atoms with E-state index in [2.05, 4.69) is 21.6 Å². The molecule has 2 N–H and O–H groups in total. The largest absolute Gasteiger partial charge is 0.454 e. The number of carbonyl (C=O) groups is 1. The van der Waals surface area contributed by atoms with Gasteiger partial charge in [0, 0.05) is 36.7 Å². The molecule has 2 heterocycles. The Kier molecular flexibility index (Phi) is 8.67. The zero-order chi connectivity index (χ0) is 24.7. The number of likely N-dealkylation sites (tertiary alicyclic amines) is 1. The standard InChI is InChI=1S/C29H38ClN3O3/c30-23-8-6-7-22(15-23)18-33-19-25(32-24-9-4-2-1-3-5-10-24)17-26(33)29(34)31-14-13-21-11-12-27-28(16-21)36-20-35-27/h6-8,11-12,15-16,24-26,32H,1-5,9-10,13-14,17-20H2,(H,31,34)/t25-,26-/m0/s1. The number of ether oxygens (including phenoxy) is 2.